The SMILES string of the molecule is CCn1nncc1C1(O)CC2CC1C1CCCC21. The van der Waals surface area contributed by atoms with Crippen LogP contribution in [0.3, 0.4) is 0 Å². The average Bonchev–Trinajstić information content (AvgIpc) is 3.09. The third-order valence-electron chi connectivity index (χ3n) is 5.85. The monoisotopic (exact) mass is 247 g/mol. The van der Waals surface area contributed by atoms with E-state index in [1.54, 1.807) is 6.20 Å². The first-order valence-electron chi connectivity index (χ1n) is 7.35. The molecule has 0 aromatic carbocycles. The molecule has 4 rings (SSSR count). The summed E-state index contributed by atoms with van der Waals surface area (Å²) < 4.78 is 1.88. The predicted octanol–water partition coefficient (Wildman–Crippen LogP) is 1.94. The highest BCUT2D eigenvalue weighted by atomic mass is 16.3. The minimum atomic E-state index is -0.643. The molecule has 1 heterocycles. The summed E-state index contributed by atoms with van der Waals surface area (Å²) in [6.45, 7) is 2.86. The van der Waals surface area contributed by atoms with Crippen molar-refractivity contribution in [3.05, 3.63) is 11.9 Å². The zero-order valence-corrected chi connectivity index (χ0v) is 10.9. The maximum absolute atomic E-state index is 11.2. The van der Waals surface area contributed by atoms with Gasteiger partial charge in [0.1, 0.15) is 5.60 Å². The molecule has 3 saturated carbocycles. The fraction of sp³-hybridized carbons (Fsp3) is 0.857. The first-order chi connectivity index (χ1) is 8.74. The van der Waals surface area contributed by atoms with Gasteiger partial charge in [-0.05, 0) is 56.3 Å². The van der Waals surface area contributed by atoms with Gasteiger partial charge >= 0.3 is 0 Å². The van der Waals surface area contributed by atoms with E-state index in [1.165, 1.54) is 25.7 Å². The van der Waals surface area contributed by atoms with E-state index in [-0.39, 0.29) is 0 Å². The lowest BCUT2D eigenvalue weighted by Gasteiger charge is -2.38. The van der Waals surface area contributed by atoms with Gasteiger partial charge in [0.15, 0.2) is 0 Å². The zero-order chi connectivity index (χ0) is 12.3. The van der Waals surface area contributed by atoms with Crippen molar-refractivity contribution in [2.45, 2.75) is 51.2 Å². The number of nitrogens with zero attached hydrogens (tertiary/aromatic N) is 3. The summed E-state index contributed by atoms with van der Waals surface area (Å²) in [5.41, 5.74) is 0.318. The van der Waals surface area contributed by atoms with E-state index < -0.39 is 5.60 Å². The molecular weight excluding hydrogens is 226 g/mol. The predicted molar refractivity (Wildman–Crippen MR) is 66.6 cm³/mol. The second-order valence-corrected chi connectivity index (χ2v) is 6.42. The Morgan fingerprint density at radius 1 is 1.44 bits per heavy atom. The Morgan fingerprint density at radius 2 is 2.28 bits per heavy atom. The van der Waals surface area contributed by atoms with Gasteiger partial charge in [-0.25, -0.2) is 4.68 Å². The third-order valence-corrected chi connectivity index (χ3v) is 5.85. The van der Waals surface area contributed by atoms with Crippen molar-refractivity contribution < 1.29 is 5.11 Å². The van der Waals surface area contributed by atoms with E-state index in [4.69, 9.17) is 0 Å². The second kappa shape index (κ2) is 3.56. The molecule has 0 spiro atoms. The van der Waals surface area contributed by atoms with Crippen LogP contribution in [0.1, 0.15) is 44.7 Å². The fourth-order valence-electron chi connectivity index (χ4n) is 5.23. The van der Waals surface area contributed by atoms with Gasteiger partial charge in [-0.2, -0.15) is 0 Å². The van der Waals surface area contributed by atoms with E-state index in [0.29, 0.717) is 5.92 Å². The number of rotatable bonds is 2. The van der Waals surface area contributed by atoms with Crippen molar-refractivity contribution in [3.8, 4) is 0 Å². The molecule has 0 radical (unpaired) electrons. The zero-order valence-electron chi connectivity index (χ0n) is 10.9. The van der Waals surface area contributed by atoms with Crippen LogP contribution in [-0.2, 0) is 12.1 Å². The van der Waals surface area contributed by atoms with Crippen LogP contribution in [0.4, 0.5) is 0 Å². The summed E-state index contributed by atoms with van der Waals surface area (Å²) in [4.78, 5) is 0. The normalized spacial score (nSPS) is 45.7. The van der Waals surface area contributed by atoms with Gasteiger partial charge < -0.3 is 5.11 Å². The first-order valence-corrected chi connectivity index (χ1v) is 7.35. The summed E-state index contributed by atoms with van der Waals surface area (Å²) in [6, 6.07) is 0. The number of aromatic nitrogens is 3. The summed E-state index contributed by atoms with van der Waals surface area (Å²) in [7, 11) is 0. The second-order valence-electron chi connectivity index (χ2n) is 6.42. The van der Waals surface area contributed by atoms with Gasteiger partial charge in [-0.15, -0.1) is 5.10 Å². The van der Waals surface area contributed by atoms with Gasteiger partial charge in [0, 0.05) is 6.54 Å². The molecule has 4 heteroatoms. The van der Waals surface area contributed by atoms with Gasteiger partial charge in [0.2, 0.25) is 0 Å². The van der Waals surface area contributed by atoms with Crippen LogP contribution < -0.4 is 0 Å². The molecule has 98 valence electrons. The Morgan fingerprint density at radius 3 is 3.11 bits per heavy atom. The number of fused-ring (bicyclic) bond motifs is 5. The summed E-state index contributed by atoms with van der Waals surface area (Å²) >= 11 is 0. The molecule has 2 bridgehead atoms. The Hall–Kier alpha value is -0.900. The van der Waals surface area contributed by atoms with Crippen LogP contribution in [0.5, 0.6) is 0 Å². The van der Waals surface area contributed by atoms with Crippen LogP contribution in [0, 0.1) is 23.7 Å². The number of aliphatic hydroxyl groups is 1. The topological polar surface area (TPSA) is 50.9 Å². The smallest absolute Gasteiger partial charge is 0.111 e. The molecule has 5 atom stereocenters. The van der Waals surface area contributed by atoms with Crippen LogP contribution in [-0.4, -0.2) is 20.1 Å². The Balaban J connectivity index is 1.73. The molecule has 3 aliphatic rings. The number of aryl methyl sites for hydroxylation is 1. The van der Waals surface area contributed by atoms with Crippen molar-refractivity contribution >= 4 is 0 Å². The maximum atomic E-state index is 11.2. The van der Waals surface area contributed by atoms with Gasteiger partial charge in [-0.1, -0.05) is 11.6 Å². The average molecular weight is 247 g/mol. The molecule has 1 aromatic heterocycles. The van der Waals surface area contributed by atoms with E-state index in [0.717, 1.165) is 36.4 Å². The standard InChI is InChI=1S/C14H21N3O/c1-2-17-13(8-15-16-17)14(18)7-9-6-12(14)11-5-3-4-10(9)11/h8-12,18H,2-7H2,1H3. The summed E-state index contributed by atoms with van der Waals surface area (Å²) in [5, 5.41) is 19.3. The molecule has 0 amide bonds. The van der Waals surface area contributed by atoms with Crippen molar-refractivity contribution in [2.75, 3.05) is 0 Å². The van der Waals surface area contributed by atoms with Gasteiger partial charge in [0.25, 0.3) is 0 Å². The molecule has 1 N–H and O–H groups in total. The van der Waals surface area contributed by atoms with Crippen LogP contribution in [0.25, 0.3) is 0 Å². The Labute approximate surface area is 107 Å². The van der Waals surface area contributed by atoms with Crippen molar-refractivity contribution in [1.29, 1.82) is 0 Å². The third kappa shape index (κ3) is 1.20. The molecule has 5 unspecified atom stereocenters. The minimum absolute atomic E-state index is 0.457. The highest BCUT2D eigenvalue weighted by Gasteiger charge is 2.61. The van der Waals surface area contributed by atoms with Crippen LogP contribution in [0.15, 0.2) is 6.20 Å². The van der Waals surface area contributed by atoms with Crippen molar-refractivity contribution in [1.82, 2.24) is 15.0 Å². The Kier molecular flexibility index (Phi) is 2.17. The Bertz CT molecular complexity index is 471. The molecule has 18 heavy (non-hydrogen) atoms. The highest BCUT2D eigenvalue weighted by Crippen LogP contribution is 2.65. The molecule has 3 aliphatic carbocycles. The van der Waals surface area contributed by atoms with Crippen LogP contribution in [0.2, 0.25) is 0 Å². The van der Waals surface area contributed by atoms with Crippen molar-refractivity contribution in [3.63, 3.8) is 0 Å². The van der Waals surface area contributed by atoms with E-state index >= 15 is 0 Å². The molecular formula is C14H21N3O. The molecule has 0 aliphatic heterocycles. The van der Waals surface area contributed by atoms with E-state index in [9.17, 15) is 5.11 Å². The van der Waals surface area contributed by atoms with Crippen LogP contribution >= 0.6 is 0 Å². The van der Waals surface area contributed by atoms with Gasteiger partial charge in [-0.3, -0.25) is 0 Å². The van der Waals surface area contributed by atoms with E-state index in [1.807, 2.05) is 4.68 Å². The summed E-state index contributed by atoms with van der Waals surface area (Å²) in [5.74, 6) is 2.86. The molecule has 4 nitrogen and oxygen atoms in total. The lowest BCUT2D eigenvalue weighted by atomic mass is 9.71. The quantitative estimate of drug-likeness (QED) is 0.869. The largest absolute Gasteiger partial charge is 0.383 e. The lowest BCUT2D eigenvalue weighted by molar-refractivity contribution is -0.0578. The fourth-order valence-corrected chi connectivity index (χ4v) is 5.23. The highest BCUT2D eigenvalue weighted by molar-refractivity contribution is 5.20. The minimum Gasteiger partial charge on any atom is -0.383 e. The number of hydrogen-bond acceptors (Lipinski definition) is 3. The molecule has 3 fully saturated rings. The summed E-state index contributed by atoms with van der Waals surface area (Å²) in [6.07, 6.45) is 8.03. The van der Waals surface area contributed by atoms with Gasteiger partial charge in [0.05, 0.1) is 11.9 Å². The number of hydrogen-bond donors (Lipinski definition) is 1. The first kappa shape index (κ1) is 11.0. The lowest BCUT2D eigenvalue weighted by Crippen LogP contribution is -2.40. The molecule has 0 saturated heterocycles. The molecule has 1 aromatic rings. The van der Waals surface area contributed by atoms with Crippen molar-refractivity contribution in [2.24, 2.45) is 23.7 Å². The maximum Gasteiger partial charge on any atom is 0.111 e. The van der Waals surface area contributed by atoms with E-state index in [2.05, 4.69) is 17.2 Å².